The summed E-state index contributed by atoms with van der Waals surface area (Å²) in [7, 11) is 0. The zero-order chi connectivity index (χ0) is 9.97. The number of ether oxygens (including phenoxy) is 1. The van der Waals surface area contributed by atoms with E-state index in [2.05, 4.69) is 4.90 Å². The van der Waals surface area contributed by atoms with Crippen LogP contribution >= 0.6 is 0 Å². The summed E-state index contributed by atoms with van der Waals surface area (Å²) in [6.07, 6.45) is 0. The first kappa shape index (κ1) is 9.15. The van der Waals surface area contributed by atoms with Crippen LogP contribution in [0, 0.1) is 0 Å². The molecule has 4 heteroatoms. The second-order valence-electron chi connectivity index (χ2n) is 3.34. The Bertz CT molecular complexity index is 322. The van der Waals surface area contributed by atoms with Crippen molar-refractivity contribution >= 4 is 11.4 Å². The number of aromatic hydroxyl groups is 1. The first-order chi connectivity index (χ1) is 6.77. The summed E-state index contributed by atoms with van der Waals surface area (Å²) >= 11 is 0. The molecule has 1 aliphatic rings. The fourth-order valence-electron chi connectivity index (χ4n) is 1.63. The van der Waals surface area contributed by atoms with Gasteiger partial charge >= 0.3 is 0 Å². The summed E-state index contributed by atoms with van der Waals surface area (Å²) in [4.78, 5) is 2.16. The van der Waals surface area contributed by atoms with Crippen molar-refractivity contribution in [3.63, 3.8) is 0 Å². The number of rotatable bonds is 1. The van der Waals surface area contributed by atoms with Crippen LogP contribution in [0.3, 0.4) is 0 Å². The molecule has 0 atom stereocenters. The Labute approximate surface area is 82.9 Å². The topological polar surface area (TPSA) is 58.7 Å². The molecule has 1 saturated heterocycles. The first-order valence-corrected chi connectivity index (χ1v) is 4.68. The average Bonchev–Trinajstić information content (AvgIpc) is 2.19. The molecule has 1 aliphatic heterocycles. The van der Waals surface area contributed by atoms with Crippen LogP contribution in [0.2, 0.25) is 0 Å². The third-order valence-electron chi connectivity index (χ3n) is 2.36. The van der Waals surface area contributed by atoms with E-state index in [1.807, 2.05) is 6.07 Å². The summed E-state index contributed by atoms with van der Waals surface area (Å²) in [5, 5.41) is 9.21. The van der Waals surface area contributed by atoms with Crippen LogP contribution in [0.15, 0.2) is 18.2 Å². The summed E-state index contributed by atoms with van der Waals surface area (Å²) in [6, 6.07) is 5.07. The third-order valence-corrected chi connectivity index (χ3v) is 2.36. The number of benzene rings is 1. The molecule has 2 rings (SSSR count). The maximum absolute atomic E-state index is 9.21. The van der Waals surface area contributed by atoms with E-state index < -0.39 is 0 Å². The molecule has 4 nitrogen and oxygen atoms in total. The highest BCUT2D eigenvalue weighted by Gasteiger charge is 2.13. The van der Waals surface area contributed by atoms with Crippen molar-refractivity contribution in [1.82, 2.24) is 0 Å². The van der Waals surface area contributed by atoms with Crippen molar-refractivity contribution < 1.29 is 9.84 Å². The van der Waals surface area contributed by atoms with Gasteiger partial charge in [-0.3, -0.25) is 0 Å². The molecule has 1 heterocycles. The minimum Gasteiger partial charge on any atom is -0.508 e. The van der Waals surface area contributed by atoms with Gasteiger partial charge in [-0.1, -0.05) is 0 Å². The molecular weight excluding hydrogens is 180 g/mol. The minimum absolute atomic E-state index is 0.208. The quantitative estimate of drug-likeness (QED) is 0.649. The maximum Gasteiger partial charge on any atom is 0.117 e. The number of hydrogen-bond acceptors (Lipinski definition) is 4. The van der Waals surface area contributed by atoms with Gasteiger partial charge in [0.25, 0.3) is 0 Å². The van der Waals surface area contributed by atoms with Crippen LogP contribution in [-0.2, 0) is 4.74 Å². The summed E-state index contributed by atoms with van der Waals surface area (Å²) < 4.78 is 5.25. The molecule has 1 aromatic rings. The molecule has 1 aromatic carbocycles. The fraction of sp³-hybridized carbons (Fsp3) is 0.400. The monoisotopic (exact) mass is 194 g/mol. The van der Waals surface area contributed by atoms with Crippen LogP contribution in [0.1, 0.15) is 0 Å². The predicted octanol–water partition coefficient (Wildman–Crippen LogP) is 0.811. The lowest BCUT2D eigenvalue weighted by Crippen LogP contribution is -2.36. The molecule has 3 N–H and O–H groups in total. The SMILES string of the molecule is Nc1cc(O)ccc1N1CCOCC1. The predicted molar refractivity (Wildman–Crippen MR) is 55.6 cm³/mol. The molecule has 0 amide bonds. The number of hydrogen-bond donors (Lipinski definition) is 2. The van der Waals surface area contributed by atoms with Gasteiger partial charge in [0, 0.05) is 19.2 Å². The van der Waals surface area contributed by atoms with Crippen LogP contribution in [-0.4, -0.2) is 31.4 Å². The van der Waals surface area contributed by atoms with Gasteiger partial charge in [-0.25, -0.2) is 0 Å². The molecule has 0 spiro atoms. The van der Waals surface area contributed by atoms with Crippen molar-refractivity contribution in [2.45, 2.75) is 0 Å². The zero-order valence-electron chi connectivity index (χ0n) is 7.94. The van der Waals surface area contributed by atoms with Gasteiger partial charge < -0.3 is 20.5 Å². The van der Waals surface area contributed by atoms with Gasteiger partial charge in [0.05, 0.1) is 24.6 Å². The lowest BCUT2D eigenvalue weighted by molar-refractivity contribution is 0.123. The number of nitrogens with zero attached hydrogens (tertiary/aromatic N) is 1. The van der Waals surface area contributed by atoms with Crippen molar-refractivity contribution in [2.75, 3.05) is 36.9 Å². The minimum atomic E-state index is 0.208. The van der Waals surface area contributed by atoms with E-state index in [1.54, 1.807) is 12.1 Å². The zero-order valence-corrected chi connectivity index (χ0v) is 7.94. The highest BCUT2D eigenvalue weighted by Crippen LogP contribution is 2.27. The Balaban J connectivity index is 2.22. The molecular formula is C10H14N2O2. The fourth-order valence-corrected chi connectivity index (χ4v) is 1.63. The summed E-state index contributed by atoms with van der Waals surface area (Å²) in [5.41, 5.74) is 7.41. The second kappa shape index (κ2) is 3.75. The molecule has 0 aliphatic carbocycles. The van der Waals surface area contributed by atoms with E-state index in [0.717, 1.165) is 32.0 Å². The van der Waals surface area contributed by atoms with Crippen molar-refractivity contribution in [2.24, 2.45) is 0 Å². The lowest BCUT2D eigenvalue weighted by atomic mass is 10.2. The standard InChI is InChI=1S/C10H14N2O2/c11-9-7-8(13)1-2-10(9)12-3-5-14-6-4-12/h1-2,7,13H,3-6,11H2. The van der Waals surface area contributed by atoms with Crippen molar-refractivity contribution in [3.8, 4) is 5.75 Å². The Morgan fingerprint density at radius 2 is 2.00 bits per heavy atom. The molecule has 14 heavy (non-hydrogen) atoms. The molecule has 0 bridgehead atoms. The van der Waals surface area contributed by atoms with Crippen molar-refractivity contribution in [3.05, 3.63) is 18.2 Å². The Morgan fingerprint density at radius 3 is 2.64 bits per heavy atom. The number of phenols is 1. The Hall–Kier alpha value is -1.42. The largest absolute Gasteiger partial charge is 0.508 e. The van der Waals surface area contributed by atoms with Crippen LogP contribution in [0.4, 0.5) is 11.4 Å². The summed E-state index contributed by atoms with van der Waals surface area (Å²) in [6.45, 7) is 3.19. The average molecular weight is 194 g/mol. The third kappa shape index (κ3) is 1.75. The smallest absolute Gasteiger partial charge is 0.117 e. The Morgan fingerprint density at radius 1 is 1.29 bits per heavy atom. The van der Waals surface area contributed by atoms with Crippen LogP contribution < -0.4 is 10.6 Å². The van der Waals surface area contributed by atoms with E-state index in [1.165, 1.54) is 0 Å². The molecule has 0 radical (unpaired) electrons. The number of nitrogen functional groups attached to an aromatic ring is 1. The van der Waals surface area contributed by atoms with E-state index in [4.69, 9.17) is 10.5 Å². The summed E-state index contributed by atoms with van der Waals surface area (Å²) in [5.74, 6) is 0.208. The molecule has 76 valence electrons. The van der Waals surface area contributed by atoms with Crippen molar-refractivity contribution in [1.29, 1.82) is 0 Å². The van der Waals surface area contributed by atoms with E-state index >= 15 is 0 Å². The molecule has 1 fully saturated rings. The van der Waals surface area contributed by atoms with E-state index in [0.29, 0.717) is 5.69 Å². The second-order valence-corrected chi connectivity index (χ2v) is 3.34. The molecule has 0 saturated carbocycles. The number of phenolic OH excluding ortho intramolecular Hbond substituents is 1. The van der Waals surface area contributed by atoms with Gasteiger partial charge in [-0.15, -0.1) is 0 Å². The van der Waals surface area contributed by atoms with Crippen LogP contribution in [0.25, 0.3) is 0 Å². The van der Waals surface area contributed by atoms with E-state index in [-0.39, 0.29) is 5.75 Å². The molecule has 0 aromatic heterocycles. The lowest BCUT2D eigenvalue weighted by Gasteiger charge is -2.29. The number of nitrogens with two attached hydrogens (primary N) is 1. The highest BCUT2D eigenvalue weighted by molar-refractivity contribution is 5.69. The van der Waals surface area contributed by atoms with Gasteiger partial charge in [-0.05, 0) is 12.1 Å². The molecule has 0 unspecified atom stereocenters. The Kier molecular flexibility index (Phi) is 2.45. The maximum atomic E-state index is 9.21. The van der Waals surface area contributed by atoms with E-state index in [9.17, 15) is 5.11 Å². The van der Waals surface area contributed by atoms with Gasteiger partial charge in [0.15, 0.2) is 0 Å². The van der Waals surface area contributed by atoms with Crippen LogP contribution in [0.5, 0.6) is 5.75 Å². The highest BCUT2D eigenvalue weighted by atomic mass is 16.5. The number of morpholine rings is 1. The normalized spacial score (nSPS) is 17.0. The first-order valence-electron chi connectivity index (χ1n) is 4.68. The van der Waals surface area contributed by atoms with Gasteiger partial charge in [0.2, 0.25) is 0 Å². The van der Waals surface area contributed by atoms with Gasteiger partial charge in [-0.2, -0.15) is 0 Å². The van der Waals surface area contributed by atoms with Gasteiger partial charge in [0.1, 0.15) is 5.75 Å². The number of anilines is 2.